The third-order valence-electron chi connectivity index (χ3n) is 3.48. The third kappa shape index (κ3) is 4.07. The van der Waals surface area contributed by atoms with E-state index in [0.717, 1.165) is 23.4 Å². The fraction of sp³-hybridized carbons (Fsp3) is 0.111. The van der Waals surface area contributed by atoms with Crippen LogP contribution in [0.25, 0.3) is 0 Å². The van der Waals surface area contributed by atoms with E-state index in [-0.39, 0.29) is 5.95 Å². The Labute approximate surface area is 144 Å². The average Bonchev–Trinajstić information content (AvgIpc) is 2.58. The fourth-order valence-electron chi connectivity index (χ4n) is 2.41. The molecule has 0 fully saturated rings. The second-order valence-electron chi connectivity index (χ2n) is 5.23. The first-order valence-corrected chi connectivity index (χ1v) is 8.12. The summed E-state index contributed by atoms with van der Waals surface area (Å²) in [7, 11) is 0. The highest BCUT2D eigenvalue weighted by molar-refractivity contribution is 9.10. The Kier molecular flexibility index (Phi) is 4.88. The molecule has 5 heteroatoms. The molecule has 0 aliphatic heterocycles. The monoisotopic (exact) mass is 368 g/mol. The van der Waals surface area contributed by atoms with Crippen molar-refractivity contribution in [2.75, 3.05) is 10.6 Å². The number of nitrogens with zero attached hydrogens (tertiary/aromatic N) is 3. The van der Waals surface area contributed by atoms with E-state index in [1.165, 1.54) is 11.1 Å². The Morgan fingerprint density at radius 3 is 1.91 bits per heavy atom. The SMILES string of the molecule is Nc1ncc(Br)c(N(Cc2ccccc2)Cc2ccccc2)n1. The molecule has 3 rings (SSSR count). The summed E-state index contributed by atoms with van der Waals surface area (Å²) in [6, 6.07) is 20.6. The van der Waals surface area contributed by atoms with Gasteiger partial charge in [-0.2, -0.15) is 4.98 Å². The highest BCUT2D eigenvalue weighted by Gasteiger charge is 2.14. The van der Waals surface area contributed by atoms with Crippen LogP contribution in [-0.4, -0.2) is 9.97 Å². The van der Waals surface area contributed by atoms with Crippen LogP contribution in [0.15, 0.2) is 71.3 Å². The van der Waals surface area contributed by atoms with Gasteiger partial charge in [-0.05, 0) is 27.1 Å². The first-order valence-electron chi connectivity index (χ1n) is 7.33. The second-order valence-corrected chi connectivity index (χ2v) is 6.08. The van der Waals surface area contributed by atoms with Gasteiger partial charge in [-0.25, -0.2) is 4.98 Å². The molecule has 0 aliphatic carbocycles. The summed E-state index contributed by atoms with van der Waals surface area (Å²) in [5.74, 6) is 1.07. The van der Waals surface area contributed by atoms with Crippen molar-refractivity contribution in [2.24, 2.45) is 0 Å². The standard InChI is InChI=1S/C18H17BrN4/c19-16-11-21-18(20)22-17(16)23(12-14-7-3-1-4-8-14)13-15-9-5-2-6-10-15/h1-11H,12-13H2,(H2,20,21,22). The van der Waals surface area contributed by atoms with Crippen molar-refractivity contribution in [1.82, 2.24) is 9.97 Å². The zero-order valence-corrected chi connectivity index (χ0v) is 14.1. The lowest BCUT2D eigenvalue weighted by Gasteiger charge is -2.25. The number of rotatable bonds is 5. The van der Waals surface area contributed by atoms with Crippen LogP contribution in [0.5, 0.6) is 0 Å². The summed E-state index contributed by atoms with van der Waals surface area (Å²) in [6.45, 7) is 1.48. The van der Waals surface area contributed by atoms with Crippen molar-refractivity contribution in [3.63, 3.8) is 0 Å². The molecule has 116 valence electrons. The molecule has 23 heavy (non-hydrogen) atoms. The molecule has 4 nitrogen and oxygen atoms in total. The highest BCUT2D eigenvalue weighted by Crippen LogP contribution is 2.26. The van der Waals surface area contributed by atoms with Gasteiger partial charge in [0, 0.05) is 19.3 Å². The Hall–Kier alpha value is -2.40. The molecule has 2 N–H and O–H groups in total. The summed E-state index contributed by atoms with van der Waals surface area (Å²) in [5.41, 5.74) is 8.21. The highest BCUT2D eigenvalue weighted by atomic mass is 79.9. The maximum Gasteiger partial charge on any atom is 0.222 e. The Bertz CT molecular complexity index is 721. The van der Waals surface area contributed by atoms with E-state index in [9.17, 15) is 0 Å². The van der Waals surface area contributed by atoms with Gasteiger partial charge in [0.1, 0.15) is 5.82 Å². The lowest BCUT2D eigenvalue weighted by Crippen LogP contribution is -2.24. The molecule has 0 unspecified atom stereocenters. The predicted molar refractivity (Wildman–Crippen MR) is 96.9 cm³/mol. The maximum absolute atomic E-state index is 5.78. The van der Waals surface area contributed by atoms with Gasteiger partial charge in [-0.3, -0.25) is 0 Å². The molecule has 3 aromatic rings. The molecule has 1 aromatic heterocycles. The summed E-state index contributed by atoms with van der Waals surface area (Å²) in [5, 5.41) is 0. The van der Waals surface area contributed by atoms with E-state index in [2.05, 4.69) is 55.1 Å². The first-order chi connectivity index (χ1) is 11.2. The molecule has 0 atom stereocenters. The van der Waals surface area contributed by atoms with Crippen LogP contribution in [0.2, 0.25) is 0 Å². The van der Waals surface area contributed by atoms with Crippen LogP contribution < -0.4 is 10.6 Å². The minimum atomic E-state index is 0.273. The molecule has 0 saturated heterocycles. The summed E-state index contributed by atoms with van der Waals surface area (Å²) in [4.78, 5) is 10.6. The minimum absolute atomic E-state index is 0.273. The predicted octanol–water partition coefficient (Wildman–Crippen LogP) is 4.03. The van der Waals surface area contributed by atoms with E-state index in [1.807, 2.05) is 36.4 Å². The van der Waals surface area contributed by atoms with Gasteiger partial charge < -0.3 is 10.6 Å². The van der Waals surface area contributed by atoms with Crippen LogP contribution in [0.1, 0.15) is 11.1 Å². The van der Waals surface area contributed by atoms with Gasteiger partial charge >= 0.3 is 0 Å². The topological polar surface area (TPSA) is 55.0 Å². The number of nitrogens with two attached hydrogens (primary N) is 1. The quantitative estimate of drug-likeness (QED) is 0.738. The van der Waals surface area contributed by atoms with Crippen LogP contribution in [0, 0.1) is 0 Å². The van der Waals surface area contributed by atoms with Crippen LogP contribution in [-0.2, 0) is 13.1 Å². The molecule has 0 spiro atoms. The average molecular weight is 369 g/mol. The van der Waals surface area contributed by atoms with E-state index >= 15 is 0 Å². The zero-order valence-electron chi connectivity index (χ0n) is 12.6. The summed E-state index contributed by atoms with van der Waals surface area (Å²) >= 11 is 3.54. The number of benzene rings is 2. The second kappa shape index (κ2) is 7.24. The number of hydrogen-bond donors (Lipinski definition) is 1. The number of aromatic nitrogens is 2. The minimum Gasteiger partial charge on any atom is -0.368 e. The van der Waals surface area contributed by atoms with Gasteiger partial charge in [0.05, 0.1) is 4.47 Å². The van der Waals surface area contributed by atoms with E-state index in [0.29, 0.717) is 0 Å². The van der Waals surface area contributed by atoms with Crippen LogP contribution >= 0.6 is 15.9 Å². The van der Waals surface area contributed by atoms with Gasteiger partial charge in [0.2, 0.25) is 5.95 Å². The number of hydrogen-bond acceptors (Lipinski definition) is 4. The molecule has 0 radical (unpaired) electrons. The van der Waals surface area contributed by atoms with E-state index in [1.54, 1.807) is 6.20 Å². The smallest absolute Gasteiger partial charge is 0.222 e. The van der Waals surface area contributed by atoms with Crippen molar-refractivity contribution in [2.45, 2.75) is 13.1 Å². The first kappa shape index (κ1) is 15.5. The largest absolute Gasteiger partial charge is 0.368 e. The molecule has 0 aliphatic rings. The number of nitrogen functional groups attached to an aromatic ring is 1. The Balaban J connectivity index is 1.94. The van der Waals surface area contributed by atoms with Gasteiger partial charge in [0.15, 0.2) is 0 Å². The van der Waals surface area contributed by atoms with E-state index < -0.39 is 0 Å². The number of anilines is 2. The van der Waals surface area contributed by atoms with Crippen molar-refractivity contribution < 1.29 is 0 Å². The van der Waals surface area contributed by atoms with Crippen molar-refractivity contribution >= 4 is 27.7 Å². The van der Waals surface area contributed by atoms with Crippen molar-refractivity contribution in [3.05, 3.63) is 82.5 Å². The summed E-state index contributed by atoms with van der Waals surface area (Å²) in [6.07, 6.45) is 1.70. The third-order valence-corrected chi connectivity index (χ3v) is 4.04. The van der Waals surface area contributed by atoms with Crippen molar-refractivity contribution in [1.29, 1.82) is 0 Å². The van der Waals surface area contributed by atoms with E-state index in [4.69, 9.17) is 5.73 Å². The van der Waals surface area contributed by atoms with Gasteiger partial charge in [-0.1, -0.05) is 60.7 Å². The van der Waals surface area contributed by atoms with Crippen LogP contribution in [0.4, 0.5) is 11.8 Å². The molecular weight excluding hydrogens is 352 g/mol. The Morgan fingerprint density at radius 1 is 0.870 bits per heavy atom. The number of halogens is 1. The van der Waals surface area contributed by atoms with Gasteiger partial charge in [0.25, 0.3) is 0 Å². The zero-order chi connectivity index (χ0) is 16.1. The molecule has 0 amide bonds. The maximum atomic E-state index is 5.78. The van der Waals surface area contributed by atoms with Gasteiger partial charge in [-0.15, -0.1) is 0 Å². The van der Waals surface area contributed by atoms with Crippen LogP contribution in [0.3, 0.4) is 0 Å². The molecule has 1 heterocycles. The molecular formula is C18H17BrN4. The lowest BCUT2D eigenvalue weighted by atomic mass is 10.1. The molecule has 2 aromatic carbocycles. The molecule has 0 saturated carbocycles. The fourth-order valence-corrected chi connectivity index (χ4v) is 2.85. The Morgan fingerprint density at radius 2 is 1.39 bits per heavy atom. The molecule has 0 bridgehead atoms. The lowest BCUT2D eigenvalue weighted by molar-refractivity contribution is 0.779. The van der Waals surface area contributed by atoms with Crippen molar-refractivity contribution in [3.8, 4) is 0 Å². The summed E-state index contributed by atoms with van der Waals surface area (Å²) < 4.78 is 0.832. The normalized spacial score (nSPS) is 10.5.